The molecule has 1 fully saturated rings. The number of carbonyl (C=O) groups is 2. The highest BCUT2D eigenvalue weighted by molar-refractivity contribution is 6.31. The molecule has 1 aliphatic rings. The highest BCUT2D eigenvalue weighted by atomic mass is 35.5. The minimum atomic E-state index is -0.172. The van der Waals surface area contributed by atoms with Crippen molar-refractivity contribution in [1.82, 2.24) is 9.80 Å². The third-order valence-electron chi connectivity index (χ3n) is 3.82. The molecular formula is C17H24ClN3O2. The van der Waals surface area contributed by atoms with Gasteiger partial charge in [0.15, 0.2) is 0 Å². The number of nitrogens with zero attached hydrogens (tertiary/aromatic N) is 2. The molecule has 0 heterocycles. The maximum atomic E-state index is 12.6. The van der Waals surface area contributed by atoms with Crippen molar-refractivity contribution < 1.29 is 9.59 Å². The van der Waals surface area contributed by atoms with Gasteiger partial charge in [0.2, 0.25) is 0 Å². The van der Waals surface area contributed by atoms with Crippen LogP contribution in [-0.4, -0.2) is 48.9 Å². The first-order valence-corrected chi connectivity index (χ1v) is 8.37. The summed E-state index contributed by atoms with van der Waals surface area (Å²) in [6.07, 6.45) is 3.28. The van der Waals surface area contributed by atoms with Crippen LogP contribution in [0.4, 0.5) is 10.5 Å². The lowest BCUT2D eigenvalue weighted by atomic mass is 10.1. The van der Waals surface area contributed by atoms with E-state index < -0.39 is 0 Å². The van der Waals surface area contributed by atoms with Crippen LogP contribution in [0.3, 0.4) is 0 Å². The van der Waals surface area contributed by atoms with Gasteiger partial charge in [-0.25, -0.2) is 4.79 Å². The first-order chi connectivity index (χ1) is 10.9. The zero-order valence-corrected chi connectivity index (χ0v) is 14.7. The summed E-state index contributed by atoms with van der Waals surface area (Å²) < 4.78 is 0. The Balaban J connectivity index is 2.17. The lowest BCUT2D eigenvalue weighted by Gasteiger charge is -2.23. The average Bonchev–Trinajstić information content (AvgIpc) is 3.30. The third-order valence-corrected chi connectivity index (χ3v) is 4.05. The molecule has 23 heavy (non-hydrogen) atoms. The Labute approximate surface area is 142 Å². The Morgan fingerprint density at radius 2 is 2.00 bits per heavy atom. The number of hydrogen-bond donors (Lipinski definition) is 1. The summed E-state index contributed by atoms with van der Waals surface area (Å²) in [6.45, 7) is 3.53. The number of amides is 3. The predicted molar refractivity (Wildman–Crippen MR) is 93.1 cm³/mol. The fourth-order valence-electron chi connectivity index (χ4n) is 2.40. The number of nitrogens with one attached hydrogen (secondary N) is 1. The number of halogens is 1. The van der Waals surface area contributed by atoms with E-state index >= 15 is 0 Å². The number of anilines is 1. The molecule has 1 aromatic carbocycles. The molecule has 126 valence electrons. The molecule has 1 aromatic rings. The Kier molecular flexibility index (Phi) is 5.88. The van der Waals surface area contributed by atoms with Crippen molar-refractivity contribution in [3.8, 4) is 0 Å². The van der Waals surface area contributed by atoms with Crippen molar-refractivity contribution in [2.24, 2.45) is 5.92 Å². The number of benzene rings is 1. The van der Waals surface area contributed by atoms with E-state index in [0.29, 0.717) is 28.7 Å². The molecule has 0 radical (unpaired) electrons. The van der Waals surface area contributed by atoms with Gasteiger partial charge in [0, 0.05) is 32.2 Å². The lowest BCUT2D eigenvalue weighted by molar-refractivity contribution is 0.0828. The van der Waals surface area contributed by atoms with Crippen LogP contribution in [0.15, 0.2) is 18.2 Å². The summed E-state index contributed by atoms with van der Waals surface area (Å²) in [5.74, 6) is 0.454. The Hall–Kier alpha value is -1.75. The van der Waals surface area contributed by atoms with Crippen LogP contribution in [0.25, 0.3) is 0 Å². The average molecular weight is 338 g/mol. The number of urea groups is 1. The molecule has 2 rings (SSSR count). The SMILES string of the molecule is CCCN(CC1CC1)C(=O)Nc1cc(Cl)ccc1C(=O)N(C)C. The van der Waals surface area contributed by atoms with Crippen LogP contribution < -0.4 is 5.32 Å². The molecule has 0 aromatic heterocycles. The summed E-state index contributed by atoms with van der Waals surface area (Å²) in [5, 5.41) is 3.35. The molecule has 5 nitrogen and oxygen atoms in total. The fraction of sp³-hybridized carbons (Fsp3) is 0.529. The molecule has 0 unspecified atom stereocenters. The molecular weight excluding hydrogens is 314 g/mol. The minimum absolute atomic E-state index is 0.166. The van der Waals surface area contributed by atoms with Crippen molar-refractivity contribution in [1.29, 1.82) is 0 Å². The Morgan fingerprint density at radius 1 is 1.30 bits per heavy atom. The van der Waals surface area contributed by atoms with Gasteiger partial charge in [-0.2, -0.15) is 0 Å². The van der Waals surface area contributed by atoms with Gasteiger partial charge in [-0.1, -0.05) is 18.5 Å². The zero-order chi connectivity index (χ0) is 17.0. The smallest absolute Gasteiger partial charge is 0.321 e. The second-order valence-corrected chi connectivity index (χ2v) is 6.65. The van der Waals surface area contributed by atoms with E-state index in [2.05, 4.69) is 5.32 Å². The monoisotopic (exact) mass is 337 g/mol. The standard InChI is InChI=1S/C17H24ClN3O2/c1-4-9-21(11-12-5-6-12)17(23)19-15-10-13(18)7-8-14(15)16(22)20(2)3/h7-8,10,12H,4-6,9,11H2,1-3H3,(H,19,23). The normalized spacial score (nSPS) is 13.6. The van der Waals surface area contributed by atoms with Gasteiger partial charge in [-0.05, 0) is 43.4 Å². The van der Waals surface area contributed by atoms with Crippen molar-refractivity contribution >= 4 is 29.2 Å². The van der Waals surface area contributed by atoms with E-state index in [1.54, 1.807) is 32.3 Å². The van der Waals surface area contributed by atoms with Crippen LogP contribution in [0.2, 0.25) is 5.02 Å². The van der Waals surface area contributed by atoms with Crippen molar-refractivity contribution in [2.45, 2.75) is 26.2 Å². The number of rotatable bonds is 6. The highest BCUT2D eigenvalue weighted by Crippen LogP contribution is 2.30. The Bertz CT molecular complexity index is 585. The summed E-state index contributed by atoms with van der Waals surface area (Å²) in [6, 6.07) is 4.75. The largest absolute Gasteiger partial charge is 0.345 e. The molecule has 3 amide bonds. The van der Waals surface area contributed by atoms with Gasteiger partial charge in [0.25, 0.3) is 5.91 Å². The first-order valence-electron chi connectivity index (χ1n) is 7.99. The van der Waals surface area contributed by atoms with Crippen LogP contribution in [0.5, 0.6) is 0 Å². The van der Waals surface area contributed by atoms with Crippen LogP contribution >= 0.6 is 11.6 Å². The van der Waals surface area contributed by atoms with Crippen molar-refractivity contribution in [2.75, 3.05) is 32.5 Å². The number of carbonyl (C=O) groups excluding carboxylic acids is 2. The van der Waals surface area contributed by atoms with Crippen LogP contribution in [0, 0.1) is 5.92 Å². The molecule has 1 saturated carbocycles. The second-order valence-electron chi connectivity index (χ2n) is 6.21. The van der Waals surface area contributed by atoms with Gasteiger partial charge in [0.1, 0.15) is 0 Å². The van der Waals surface area contributed by atoms with E-state index in [-0.39, 0.29) is 11.9 Å². The summed E-state index contributed by atoms with van der Waals surface area (Å²) in [4.78, 5) is 28.1. The summed E-state index contributed by atoms with van der Waals surface area (Å²) >= 11 is 6.03. The second kappa shape index (κ2) is 7.68. The van der Waals surface area contributed by atoms with Gasteiger partial charge in [-0.15, -0.1) is 0 Å². The fourth-order valence-corrected chi connectivity index (χ4v) is 2.57. The van der Waals surface area contributed by atoms with Gasteiger partial charge in [0.05, 0.1) is 11.3 Å². The molecule has 0 atom stereocenters. The van der Waals surface area contributed by atoms with E-state index in [0.717, 1.165) is 13.0 Å². The van der Waals surface area contributed by atoms with Gasteiger partial charge in [-0.3, -0.25) is 4.79 Å². The maximum Gasteiger partial charge on any atom is 0.321 e. The number of hydrogen-bond acceptors (Lipinski definition) is 2. The van der Waals surface area contributed by atoms with E-state index in [1.165, 1.54) is 17.7 Å². The van der Waals surface area contributed by atoms with Crippen molar-refractivity contribution in [3.63, 3.8) is 0 Å². The van der Waals surface area contributed by atoms with E-state index in [1.807, 2.05) is 11.8 Å². The molecule has 6 heteroatoms. The highest BCUT2D eigenvalue weighted by Gasteiger charge is 2.27. The molecule has 0 saturated heterocycles. The molecule has 1 N–H and O–H groups in total. The van der Waals surface area contributed by atoms with E-state index in [9.17, 15) is 9.59 Å². The van der Waals surface area contributed by atoms with Gasteiger partial charge >= 0.3 is 6.03 Å². The van der Waals surface area contributed by atoms with Gasteiger partial charge < -0.3 is 15.1 Å². The Morgan fingerprint density at radius 3 is 2.57 bits per heavy atom. The molecule has 1 aliphatic carbocycles. The topological polar surface area (TPSA) is 52.7 Å². The third kappa shape index (κ3) is 4.86. The van der Waals surface area contributed by atoms with Crippen molar-refractivity contribution in [3.05, 3.63) is 28.8 Å². The molecule has 0 spiro atoms. The van der Waals surface area contributed by atoms with Crippen LogP contribution in [0.1, 0.15) is 36.5 Å². The van der Waals surface area contributed by atoms with Crippen LogP contribution in [-0.2, 0) is 0 Å². The molecule has 0 bridgehead atoms. The molecule has 0 aliphatic heterocycles. The zero-order valence-electron chi connectivity index (χ0n) is 13.9. The predicted octanol–water partition coefficient (Wildman–Crippen LogP) is 3.70. The lowest BCUT2D eigenvalue weighted by Crippen LogP contribution is -2.37. The maximum absolute atomic E-state index is 12.6. The summed E-state index contributed by atoms with van der Waals surface area (Å²) in [7, 11) is 3.36. The quantitative estimate of drug-likeness (QED) is 0.860. The van der Waals surface area contributed by atoms with E-state index in [4.69, 9.17) is 11.6 Å². The first kappa shape index (κ1) is 17.6. The minimum Gasteiger partial charge on any atom is -0.345 e. The summed E-state index contributed by atoms with van der Waals surface area (Å²) in [5.41, 5.74) is 0.897.